The minimum absolute atomic E-state index is 0.962. The molecule has 0 fully saturated rings. The second kappa shape index (κ2) is 10.6. The third-order valence-corrected chi connectivity index (χ3v) is 8.61. The van der Waals surface area contributed by atoms with E-state index in [1.807, 2.05) is 24.5 Å². The Morgan fingerprint density at radius 2 is 0.977 bits per heavy atom. The minimum atomic E-state index is 0.962. The maximum Gasteiger partial charge on any atom is 0.0787 e. The van der Waals surface area contributed by atoms with Crippen molar-refractivity contribution in [2.24, 2.45) is 0 Å². The number of pyridine rings is 3. The molecule has 5 aromatic carbocycles. The van der Waals surface area contributed by atoms with E-state index in [2.05, 4.69) is 129 Å². The van der Waals surface area contributed by atoms with Gasteiger partial charge < -0.3 is 0 Å². The van der Waals surface area contributed by atoms with E-state index in [1.165, 1.54) is 27.6 Å². The topological polar surface area (TPSA) is 38.7 Å². The largest absolute Gasteiger partial charge is 0.256 e. The Morgan fingerprint density at radius 3 is 1.61 bits per heavy atom. The molecule has 0 radical (unpaired) electrons. The fourth-order valence-electron chi connectivity index (χ4n) is 6.45. The Morgan fingerprint density at radius 1 is 0.432 bits per heavy atom. The van der Waals surface area contributed by atoms with Crippen LogP contribution in [-0.2, 0) is 0 Å². The van der Waals surface area contributed by atoms with E-state index < -0.39 is 0 Å². The molecule has 3 heteroatoms. The molecular formula is C41H29N3. The van der Waals surface area contributed by atoms with Gasteiger partial charge in [-0.1, -0.05) is 97.1 Å². The van der Waals surface area contributed by atoms with E-state index in [4.69, 9.17) is 15.0 Å². The smallest absolute Gasteiger partial charge is 0.0787 e. The van der Waals surface area contributed by atoms with Crippen molar-refractivity contribution < 1.29 is 0 Å². The molecule has 8 rings (SSSR count). The van der Waals surface area contributed by atoms with Gasteiger partial charge in [0.1, 0.15) is 0 Å². The van der Waals surface area contributed by atoms with Crippen LogP contribution in [0.1, 0.15) is 11.1 Å². The number of para-hydroxylation sites is 2. The highest BCUT2D eigenvalue weighted by Crippen LogP contribution is 2.37. The summed E-state index contributed by atoms with van der Waals surface area (Å²) >= 11 is 0. The zero-order valence-corrected chi connectivity index (χ0v) is 24.6. The summed E-state index contributed by atoms with van der Waals surface area (Å²) in [5.41, 5.74) is 13.3. The lowest BCUT2D eigenvalue weighted by Gasteiger charge is -2.15. The maximum atomic E-state index is 5.30. The zero-order valence-electron chi connectivity index (χ0n) is 24.6. The summed E-state index contributed by atoms with van der Waals surface area (Å²) in [4.78, 5) is 14.7. The van der Waals surface area contributed by atoms with Gasteiger partial charge in [0.15, 0.2) is 0 Å². The summed E-state index contributed by atoms with van der Waals surface area (Å²) in [6, 6.07) is 45.0. The van der Waals surface area contributed by atoms with Gasteiger partial charge >= 0.3 is 0 Å². The molecule has 0 aliphatic rings. The Balaban J connectivity index is 1.24. The highest BCUT2D eigenvalue weighted by molar-refractivity contribution is 5.99. The Labute approximate surface area is 256 Å². The number of aromatic nitrogens is 3. The third kappa shape index (κ3) is 4.42. The summed E-state index contributed by atoms with van der Waals surface area (Å²) in [6.45, 7) is 4.35. The molecule has 44 heavy (non-hydrogen) atoms. The molecule has 0 aliphatic heterocycles. The number of aryl methyl sites for hydroxylation is 2. The van der Waals surface area contributed by atoms with Crippen LogP contribution in [0.4, 0.5) is 0 Å². The van der Waals surface area contributed by atoms with Crippen molar-refractivity contribution in [1.82, 2.24) is 15.0 Å². The summed E-state index contributed by atoms with van der Waals surface area (Å²) < 4.78 is 0. The molecule has 3 heterocycles. The van der Waals surface area contributed by atoms with Crippen LogP contribution in [0.2, 0.25) is 0 Å². The predicted octanol–water partition coefficient (Wildman–Crippen LogP) is 10.6. The Kier molecular flexibility index (Phi) is 6.23. The van der Waals surface area contributed by atoms with Crippen LogP contribution < -0.4 is 0 Å². The molecule has 0 saturated carbocycles. The van der Waals surface area contributed by atoms with E-state index in [0.717, 1.165) is 60.8 Å². The number of benzene rings is 5. The van der Waals surface area contributed by atoms with E-state index in [9.17, 15) is 0 Å². The normalized spacial score (nSPS) is 11.4. The molecule has 3 aromatic heterocycles. The fraction of sp³-hybridized carbons (Fsp3) is 0.0488. The van der Waals surface area contributed by atoms with Gasteiger partial charge in [-0.05, 0) is 71.8 Å². The number of rotatable bonds is 4. The number of hydrogen-bond donors (Lipinski definition) is 0. The summed E-state index contributed by atoms with van der Waals surface area (Å²) in [6.07, 6.45) is 3.73. The van der Waals surface area contributed by atoms with Crippen LogP contribution in [0.3, 0.4) is 0 Å². The highest BCUT2D eigenvalue weighted by Gasteiger charge is 2.15. The van der Waals surface area contributed by atoms with Crippen molar-refractivity contribution in [3.8, 4) is 44.8 Å². The van der Waals surface area contributed by atoms with Crippen LogP contribution in [0, 0.1) is 13.8 Å². The SMILES string of the molecule is Cc1cc(-c2cc3ccccc3c(-c3ccc(-c4cccc5cccnc45)c(C)c3)n2)ccc1-c1cccc2cccnc12. The molecule has 0 saturated heterocycles. The average molecular weight is 564 g/mol. The van der Waals surface area contributed by atoms with Crippen molar-refractivity contribution in [3.05, 3.63) is 151 Å². The van der Waals surface area contributed by atoms with Gasteiger partial charge in [-0.15, -0.1) is 0 Å². The molecule has 3 nitrogen and oxygen atoms in total. The van der Waals surface area contributed by atoms with Gasteiger partial charge in [0.25, 0.3) is 0 Å². The third-order valence-electron chi connectivity index (χ3n) is 8.61. The van der Waals surface area contributed by atoms with Gasteiger partial charge in [0.2, 0.25) is 0 Å². The van der Waals surface area contributed by atoms with E-state index in [-0.39, 0.29) is 0 Å². The van der Waals surface area contributed by atoms with Gasteiger partial charge in [0.05, 0.1) is 22.4 Å². The molecular weight excluding hydrogens is 534 g/mol. The number of fused-ring (bicyclic) bond motifs is 3. The van der Waals surface area contributed by atoms with Crippen molar-refractivity contribution in [1.29, 1.82) is 0 Å². The summed E-state index contributed by atoms with van der Waals surface area (Å²) in [5.74, 6) is 0. The monoisotopic (exact) mass is 563 g/mol. The average Bonchev–Trinajstić information content (AvgIpc) is 3.07. The van der Waals surface area contributed by atoms with Crippen molar-refractivity contribution in [2.75, 3.05) is 0 Å². The first kappa shape index (κ1) is 26.0. The first-order valence-electron chi connectivity index (χ1n) is 14.9. The highest BCUT2D eigenvalue weighted by atomic mass is 14.7. The lowest BCUT2D eigenvalue weighted by Crippen LogP contribution is -1.94. The molecule has 0 atom stereocenters. The molecule has 0 spiro atoms. The van der Waals surface area contributed by atoms with Gasteiger partial charge in [-0.3, -0.25) is 9.97 Å². The van der Waals surface area contributed by atoms with Crippen molar-refractivity contribution >= 4 is 32.6 Å². The van der Waals surface area contributed by atoms with Crippen molar-refractivity contribution in [3.63, 3.8) is 0 Å². The molecule has 0 aliphatic carbocycles. The van der Waals surface area contributed by atoms with E-state index in [1.54, 1.807) is 0 Å². The van der Waals surface area contributed by atoms with Crippen LogP contribution in [0.15, 0.2) is 140 Å². The number of nitrogens with zero attached hydrogens (tertiary/aromatic N) is 3. The fourth-order valence-corrected chi connectivity index (χ4v) is 6.45. The molecule has 8 aromatic rings. The van der Waals surface area contributed by atoms with E-state index in [0.29, 0.717) is 0 Å². The Bertz CT molecular complexity index is 2360. The molecule has 0 unspecified atom stereocenters. The maximum absolute atomic E-state index is 5.30. The lowest BCUT2D eigenvalue weighted by molar-refractivity contribution is 1.33. The van der Waals surface area contributed by atoms with Crippen LogP contribution >= 0.6 is 0 Å². The van der Waals surface area contributed by atoms with Crippen molar-refractivity contribution in [2.45, 2.75) is 13.8 Å². The summed E-state index contributed by atoms with van der Waals surface area (Å²) in [7, 11) is 0. The Hall–Kier alpha value is -5.67. The number of hydrogen-bond acceptors (Lipinski definition) is 3. The van der Waals surface area contributed by atoms with Crippen LogP contribution in [0.5, 0.6) is 0 Å². The second-order valence-corrected chi connectivity index (χ2v) is 11.4. The quantitative estimate of drug-likeness (QED) is 0.214. The molecule has 0 amide bonds. The molecule has 0 N–H and O–H groups in total. The van der Waals surface area contributed by atoms with Gasteiger partial charge in [-0.25, -0.2) is 4.98 Å². The van der Waals surface area contributed by atoms with Crippen LogP contribution in [-0.4, -0.2) is 15.0 Å². The summed E-state index contributed by atoms with van der Waals surface area (Å²) in [5, 5.41) is 4.61. The second-order valence-electron chi connectivity index (χ2n) is 11.4. The first-order chi connectivity index (χ1) is 21.6. The lowest BCUT2D eigenvalue weighted by atomic mass is 9.93. The van der Waals surface area contributed by atoms with Gasteiger partial charge in [0, 0.05) is 50.8 Å². The molecule has 208 valence electrons. The van der Waals surface area contributed by atoms with Gasteiger partial charge in [-0.2, -0.15) is 0 Å². The zero-order chi connectivity index (χ0) is 29.6. The van der Waals surface area contributed by atoms with E-state index >= 15 is 0 Å². The standard InChI is InChI=1S/C41H29N3/c1-26-23-31(17-19-33(26)36-15-5-10-28-12-7-21-42-39(28)36)38-25-30-9-3-4-14-35(30)41(44-38)32-18-20-34(27(2)24-32)37-16-6-11-29-13-8-22-43-40(29)37/h3-25H,1-2H3. The molecule has 0 bridgehead atoms. The van der Waals surface area contributed by atoms with Crippen LogP contribution in [0.25, 0.3) is 77.3 Å². The predicted molar refractivity (Wildman–Crippen MR) is 184 cm³/mol. The minimum Gasteiger partial charge on any atom is -0.256 e. The first-order valence-corrected chi connectivity index (χ1v) is 14.9.